The molecule has 2 aromatic rings. The van der Waals surface area contributed by atoms with Crippen LogP contribution in [0.2, 0.25) is 10.0 Å². The van der Waals surface area contributed by atoms with Crippen LogP contribution >= 0.6 is 23.2 Å². The molecule has 0 heterocycles. The Kier molecular flexibility index (Phi) is 5.80. The van der Waals surface area contributed by atoms with E-state index in [4.69, 9.17) is 23.2 Å². The van der Waals surface area contributed by atoms with Crippen LogP contribution < -0.4 is 0 Å². The average molecular weight is 489 g/mol. The summed E-state index contributed by atoms with van der Waals surface area (Å²) in [5, 5.41) is 1.15. The molecule has 0 radical (unpaired) electrons. The van der Waals surface area contributed by atoms with Crippen LogP contribution in [0.25, 0.3) is 0 Å². The van der Waals surface area contributed by atoms with Crippen LogP contribution in [0.5, 0.6) is 0 Å². The molecule has 0 aliphatic heterocycles. The van der Waals surface area contributed by atoms with Crippen molar-refractivity contribution in [3.8, 4) is 0 Å². The van der Waals surface area contributed by atoms with Crippen molar-refractivity contribution >= 4 is 46.3 Å². The largest absolute Gasteiger partial charge is 0.290 e. The van der Waals surface area contributed by atoms with Gasteiger partial charge in [-0.3, -0.25) is 19.2 Å². The van der Waals surface area contributed by atoms with Crippen molar-refractivity contribution in [2.45, 2.75) is 11.8 Å². The van der Waals surface area contributed by atoms with Crippen molar-refractivity contribution in [2.75, 3.05) is 0 Å². The molecule has 1 saturated carbocycles. The van der Waals surface area contributed by atoms with Gasteiger partial charge in [0.25, 0.3) is 0 Å². The van der Waals surface area contributed by atoms with E-state index in [-0.39, 0.29) is 35.0 Å². The van der Waals surface area contributed by atoms with Gasteiger partial charge in [-0.15, -0.1) is 0 Å². The maximum Gasteiger partial charge on any atom is 0.182 e. The molecule has 0 spiro atoms. The highest BCUT2D eigenvalue weighted by Gasteiger charge is 2.56. The zero-order valence-electron chi connectivity index (χ0n) is 17.8. The molecule has 4 atom stereocenters. The van der Waals surface area contributed by atoms with E-state index in [0.717, 1.165) is 11.1 Å². The van der Waals surface area contributed by atoms with Gasteiger partial charge in [0.05, 0.1) is 0 Å². The molecule has 168 valence electrons. The Bertz CT molecular complexity index is 1240. The first kappa shape index (κ1) is 22.5. The van der Waals surface area contributed by atoms with Crippen LogP contribution in [-0.2, 0) is 19.2 Å². The highest BCUT2D eigenvalue weighted by molar-refractivity contribution is 6.30. The van der Waals surface area contributed by atoms with Crippen molar-refractivity contribution in [2.24, 2.45) is 11.8 Å². The predicted octanol–water partition coefficient (Wildman–Crippen LogP) is 5.38. The van der Waals surface area contributed by atoms with Gasteiger partial charge < -0.3 is 0 Å². The summed E-state index contributed by atoms with van der Waals surface area (Å²) in [6, 6.07) is 14.7. The highest BCUT2D eigenvalue weighted by Crippen LogP contribution is 2.63. The molecule has 34 heavy (non-hydrogen) atoms. The van der Waals surface area contributed by atoms with E-state index in [9.17, 15) is 19.2 Å². The van der Waals surface area contributed by atoms with E-state index < -0.39 is 11.8 Å². The molecular weight excluding hydrogens is 471 g/mol. The van der Waals surface area contributed by atoms with Crippen LogP contribution in [0.3, 0.4) is 0 Å². The van der Waals surface area contributed by atoms with E-state index in [1.165, 1.54) is 36.5 Å². The van der Waals surface area contributed by atoms with Gasteiger partial charge in [0.2, 0.25) is 0 Å². The highest BCUT2D eigenvalue weighted by atomic mass is 35.5. The SMILES string of the molecule is O=C1C=CC(=O)C([C@@H]2[C@H](C3=CC(=O)C=CC3=O)[C@@H](c3ccc(Cl)cc3)[C@H]2c2ccc(Cl)cc2)=C1. The van der Waals surface area contributed by atoms with Gasteiger partial charge in [0.15, 0.2) is 23.1 Å². The minimum absolute atomic E-state index is 0.229. The molecule has 0 aromatic heterocycles. The van der Waals surface area contributed by atoms with Gasteiger partial charge in [0, 0.05) is 33.0 Å². The van der Waals surface area contributed by atoms with Gasteiger partial charge in [-0.2, -0.15) is 0 Å². The summed E-state index contributed by atoms with van der Waals surface area (Å²) < 4.78 is 0. The predicted molar refractivity (Wildman–Crippen MR) is 130 cm³/mol. The third kappa shape index (κ3) is 3.93. The van der Waals surface area contributed by atoms with E-state index in [2.05, 4.69) is 0 Å². The molecule has 0 unspecified atom stereocenters. The molecule has 3 aliphatic rings. The number of hydrogen-bond donors (Lipinski definition) is 0. The van der Waals surface area contributed by atoms with Crippen molar-refractivity contribution in [3.63, 3.8) is 0 Å². The van der Waals surface area contributed by atoms with Crippen molar-refractivity contribution in [1.29, 1.82) is 0 Å². The first-order valence-corrected chi connectivity index (χ1v) is 11.6. The number of benzene rings is 2. The topological polar surface area (TPSA) is 68.3 Å². The zero-order valence-corrected chi connectivity index (χ0v) is 19.3. The third-order valence-corrected chi connectivity index (χ3v) is 7.24. The summed E-state index contributed by atoms with van der Waals surface area (Å²) in [4.78, 5) is 50.4. The van der Waals surface area contributed by atoms with Crippen LogP contribution in [-0.4, -0.2) is 23.1 Å². The molecule has 1 fully saturated rings. The quantitative estimate of drug-likeness (QED) is 0.542. The molecule has 0 saturated heterocycles. The minimum atomic E-state index is -0.474. The van der Waals surface area contributed by atoms with Crippen molar-refractivity contribution in [1.82, 2.24) is 0 Å². The fourth-order valence-corrected chi connectivity index (χ4v) is 5.55. The van der Waals surface area contributed by atoms with Gasteiger partial charge in [-0.25, -0.2) is 0 Å². The Balaban J connectivity index is 1.70. The number of allylic oxidation sites excluding steroid dienone is 8. The second kappa shape index (κ2) is 8.79. The maximum atomic E-state index is 12.9. The Morgan fingerprint density at radius 3 is 1.18 bits per heavy atom. The number of carbonyl (C=O) groups excluding carboxylic acids is 4. The first-order valence-electron chi connectivity index (χ1n) is 10.8. The smallest absolute Gasteiger partial charge is 0.182 e. The van der Waals surface area contributed by atoms with E-state index in [0.29, 0.717) is 21.2 Å². The fourth-order valence-electron chi connectivity index (χ4n) is 5.30. The van der Waals surface area contributed by atoms with Gasteiger partial charge in [-0.05, 0) is 83.7 Å². The number of halogens is 2. The second-order valence-electron chi connectivity index (χ2n) is 8.61. The number of hydrogen-bond acceptors (Lipinski definition) is 4. The molecule has 5 rings (SSSR count). The van der Waals surface area contributed by atoms with E-state index in [1.54, 1.807) is 24.3 Å². The van der Waals surface area contributed by atoms with Gasteiger partial charge in [0.1, 0.15) is 0 Å². The van der Waals surface area contributed by atoms with Crippen LogP contribution in [0, 0.1) is 11.8 Å². The van der Waals surface area contributed by atoms with E-state index in [1.807, 2.05) is 24.3 Å². The lowest BCUT2D eigenvalue weighted by molar-refractivity contribution is -0.117. The molecular formula is C28H18Cl2O4. The summed E-state index contributed by atoms with van der Waals surface area (Å²) >= 11 is 12.3. The lowest BCUT2D eigenvalue weighted by Crippen LogP contribution is -2.48. The maximum absolute atomic E-state index is 12.9. The monoisotopic (exact) mass is 488 g/mol. The second-order valence-corrected chi connectivity index (χ2v) is 9.48. The van der Waals surface area contributed by atoms with E-state index >= 15 is 0 Å². The summed E-state index contributed by atoms with van der Waals surface area (Å²) in [5.41, 5.74) is 2.54. The Morgan fingerprint density at radius 2 is 0.824 bits per heavy atom. The zero-order chi connectivity index (χ0) is 24.0. The third-order valence-electron chi connectivity index (χ3n) is 6.74. The van der Waals surface area contributed by atoms with Crippen LogP contribution in [0.1, 0.15) is 23.0 Å². The summed E-state index contributed by atoms with van der Waals surface area (Å²) in [6.45, 7) is 0. The molecule has 4 nitrogen and oxygen atoms in total. The van der Waals surface area contributed by atoms with Crippen LogP contribution in [0.4, 0.5) is 0 Å². The first-order chi connectivity index (χ1) is 16.3. The summed E-state index contributed by atoms with van der Waals surface area (Å²) in [7, 11) is 0. The molecule has 6 heteroatoms. The summed E-state index contributed by atoms with van der Waals surface area (Å²) in [6.07, 6.45) is 7.73. The average Bonchev–Trinajstić information content (AvgIpc) is 2.80. The Labute approximate surface area is 206 Å². The normalized spacial score (nSPS) is 26.3. The molecule has 0 amide bonds. The minimum Gasteiger partial charge on any atom is -0.290 e. The number of carbonyl (C=O) groups is 4. The van der Waals surface area contributed by atoms with Gasteiger partial charge >= 0.3 is 0 Å². The van der Waals surface area contributed by atoms with Crippen molar-refractivity contribution < 1.29 is 19.2 Å². The fraction of sp³-hybridized carbons (Fsp3) is 0.143. The summed E-state index contributed by atoms with van der Waals surface area (Å²) in [5.74, 6) is -2.50. The number of rotatable bonds is 4. The Hall–Kier alpha value is -3.34. The molecule has 0 bridgehead atoms. The Morgan fingerprint density at radius 1 is 0.471 bits per heavy atom. The lowest BCUT2D eigenvalue weighted by atomic mass is 9.47. The standard InChI is InChI=1S/C28H18Cl2O4/c29-17-5-1-15(2-6-17)25-26(16-3-7-18(30)8-4-16)28(22-14-20(32)10-12-24(22)34)27(25)21-13-19(31)9-11-23(21)33/h1-14,25-28H/t25-,26+,27+,28-. The lowest BCUT2D eigenvalue weighted by Gasteiger charge is -2.54. The number of ketones is 4. The molecule has 3 aliphatic carbocycles. The molecule has 0 N–H and O–H groups in total. The molecule has 2 aromatic carbocycles. The van der Waals surface area contributed by atoms with Crippen molar-refractivity contribution in [3.05, 3.63) is 117 Å². The van der Waals surface area contributed by atoms with Crippen LogP contribution in [0.15, 0.2) is 96.1 Å². The van der Waals surface area contributed by atoms with Gasteiger partial charge in [-0.1, -0.05) is 47.5 Å².